The van der Waals surface area contributed by atoms with Gasteiger partial charge in [-0.15, -0.1) is 0 Å². The zero-order chi connectivity index (χ0) is 26.2. The molecule has 37 heavy (non-hydrogen) atoms. The molecule has 8 nitrogen and oxygen atoms in total. The molecule has 9 heteroatoms. The minimum absolute atomic E-state index is 0.126. The van der Waals surface area contributed by atoms with Gasteiger partial charge in [0.25, 0.3) is 5.91 Å². The van der Waals surface area contributed by atoms with Crippen molar-refractivity contribution in [3.05, 3.63) is 94.4 Å². The van der Waals surface area contributed by atoms with Crippen LogP contribution in [0.15, 0.2) is 82.7 Å². The monoisotopic (exact) mass is 518 g/mol. The topological polar surface area (TPSA) is 97.7 Å². The summed E-state index contributed by atoms with van der Waals surface area (Å²) in [6.45, 7) is 1.11. The minimum Gasteiger partial charge on any atom is -0.497 e. The molecule has 3 aromatic rings. The molecule has 1 heterocycles. The van der Waals surface area contributed by atoms with Gasteiger partial charge in [-0.2, -0.15) is 0 Å². The van der Waals surface area contributed by atoms with Crippen LogP contribution in [0.5, 0.6) is 11.5 Å². The molecule has 1 aliphatic rings. The number of ether oxygens (including phenoxy) is 3. The number of methoxy groups -OCH3 is 2. The van der Waals surface area contributed by atoms with Gasteiger partial charge in [0.05, 0.1) is 36.4 Å². The van der Waals surface area contributed by atoms with Crippen molar-refractivity contribution in [1.82, 2.24) is 4.90 Å². The molecule has 3 aromatic carbocycles. The normalized spacial score (nSPS) is 15.4. The molecule has 1 aliphatic heterocycles. The maximum absolute atomic E-state index is 13.1. The molecular weight excluding hydrogens is 492 g/mol. The number of carboxylic acid groups (broad SMARTS) is 1. The fraction of sp³-hybridized carbons (Fsp3) is 0.179. The maximum Gasteiger partial charge on any atom is 0.335 e. The first-order chi connectivity index (χ1) is 18.0. The second-order valence-electron chi connectivity index (χ2n) is 8.01. The highest BCUT2D eigenvalue weighted by Crippen LogP contribution is 2.34. The maximum atomic E-state index is 13.1. The van der Waals surface area contributed by atoms with Gasteiger partial charge in [-0.25, -0.2) is 9.79 Å². The Bertz CT molecular complexity index is 1300. The third kappa shape index (κ3) is 6.78. The number of hydrogen-bond donors (Lipinski definition) is 1. The Balaban J connectivity index is 1.45. The third-order valence-electron chi connectivity index (χ3n) is 5.49. The Morgan fingerprint density at radius 2 is 1.65 bits per heavy atom. The molecule has 0 unspecified atom stereocenters. The van der Waals surface area contributed by atoms with E-state index in [2.05, 4.69) is 4.99 Å². The Labute approximate surface area is 219 Å². The number of carbonyl (C=O) groups excluding carboxylic acids is 1. The first kappa shape index (κ1) is 26.0. The molecule has 0 spiro atoms. The van der Waals surface area contributed by atoms with E-state index in [1.54, 1.807) is 43.4 Å². The van der Waals surface area contributed by atoms with Crippen LogP contribution < -0.4 is 9.47 Å². The number of amides is 1. The molecule has 1 N–H and O–H groups in total. The van der Waals surface area contributed by atoms with Gasteiger partial charge in [-0.3, -0.25) is 9.69 Å². The highest BCUT2D eigenvalue weighted by atomic mass is 32.2. The molecule has 4 rings (SSSR count). The number of aromatic carboxylic acids is 1. The van der Waals surface area contributed by atoms with E-state index in [4.69, 9.17) is 19.3 Å². The van der Waals surface area contributed by atoms with Crippen LogP contribution in [0, 0.1) is 0 Å². The molecule has 0 aliphatic carbocycles. The van der Waals surface area contributed by atoms with Crippen LogP contribution in [-0.4, -0.2) is 54.4 Å². The summed E-state index contributed by atoms with van der Waals surface area (Å²) >= 11 is 1.32. The molecule has 0 bridgehead atoms. The van der Waals surface area contributed by atoms with Crippen LogP contribution in [0.3, 0.4) is 0 Å². The van der Waals surface area contributed by atoms with Gasteiger partial charge in [0.1, 0.15) is 18.1 Å². The summed E-state index contributed by atoms with van der Waals surface area (Å²) in [7, 11) is 3.20. The Morgan fingerprint density at radius 3 is 2.27 bits per heavy atom. The lowest BCUT2D eigenvalue weighted by atomic mass is 10.1. The van der Waals surface area contributed by atoms with Crippen molar-refractivity contribution in [2.45, 2.75) is 6.61 Å². The number of nitrogens with zero attached hydrogens (tertiary/aromatic N) is 2. The second kappa shape index (κ2) is 12.2. The van der Waals surface area contributed by atoms with Gasteiger partial charge >= 0.3 is 5.97 Å². The van der Waals surface area contributed by atoms with Crippen molar-refractivity contribution in [3.63, 3.8) is 0 Å². The molecule has 0 atom stereocenters. The predicted molar refractivity (Wildman–Crippen MR) is 143 cm³/mol. The largest absolute Gasteiger partial charge is 0.497 e. The average Bonchev–Trinajstić information content (AvgIpc) is 3.20. The first-order valence-corrected chi connectivity index (χ1v) is 12.3. The van der Waals surface area contributed by atoms with Crippen LogP contribution in [-0.2, 0) is 16.1 Å². The molecule has 190 valence electrons. The SMILES string of the molecule is COCCN1C(=O)/C(=C/c2ccc(OCc3ccc(C(=O)O)cc3)cc2)SC1=Nc1ccc(OC)cc1. The summed E-state index contributed by atoms with van der Waals surface area (Å²) in [4.78, 5) is 31.0. The molecule has 1 fully saturated rings. The molecule has 1 saturated heterocycles. The molecule has 0 saturated carbocycles. The quantitative estimate of drug-likeness (QED) is 0.367. The van der Waals surface area contributed by atoms with Crippen molar-refractivity contribution in [1.29, 1.82) is 0 Å². The van der Waals surface area contributed by atoms with E-state index in [0.29, 0.717) is 35.6 Å². The minimum atomic E-state index is -0.961. The number of benzene rings is 3. The fourth-order valence-electron chi connectivity index (χ4n) is 3.46. The number of hydrogen-bond acceptors (Lipinski definition) is 7. The number of thioether (sulfide) groups is 1. The lowest BCUT2D eigenvalue weighted by Crippen LogP contribution is -2.32. The zero-order valence-electron chi connectivity index (χ0n) is 20.4. The second-order valence-corrected chi connectivity index (χ2v) is 9.02. The molecule has 0 aromatic heterocycles. The van der Waals surface area contributed by atoms with Crippen LogP contribution >= 0.6 is 11.8 Å². The van der Waals surface area contributed by atoms with Gasteiger partial charge in [-0.1, -0.05) is 24.3 Å². The summed E-state index contributed by atoms with van der Waals surface area (Å²) in [5, 5.41) is 9.59. The first-order valence-electron chi connectivity index (χ1n) is 11.4. The number of aliphatic imine (C=N–C) groups is 1. The summed E-state index contributed by atoms with van der Waals surface area (Å²) < 4.78 is 16.2. The Hall–Kier alpha value is -4.08. The van der Waals surface area contributed by atoms with Gasteiger partial charge < -0.3 is 19.3 Å². The van der Waals surface area contributed by atoms with Crippen molar-refractivity contribution < 1.29 is 28.9 Å². The van der Waals surface area contributed by atoms with Crippen molar-refractivity contribution >= 4 is 40.6 Å². The summed E-state index contributed by atoms with van der Waals surface area (Å²) in [6, 6.07) is 21.3. The van der Waals surface area contributed by atoms with Crippen LogP contribution in [0.4, 0.5) is 5.69 Å². The van der Waals surface area contributed by atoms with Crippen LogP contribution in [0.25, 0.3) is 6.08 Å². The Morgan fingerprint density at radius 1 is 0.973 bits per heavy atom. The smallest absolute Gasteiger partial charge is 0.335 e. The van der Waals surface area contributed by atoms with Crippen molar-refractivity contribution in [2.24, 2.45) is 4.99 Å². The summed E-state index contributed by atoms with van der Waals surface area (Å²) in [6.07, 6.45) is 1.83. The van der Waals surface area contributed by atoms with Crippen molar-refractivity contribution in [2.75, 3.05) is 27.4 Å². The van der Waals surface area contributed by atoms with E-state index in [9.17, 15) is 9.59 Å². The lowest BCUT2D eigenvalue weighted by molar-refractivity contribution is -0.122. The predicted octanol–water partition coefficient (Wildman–Crippen LogP) is 5.22. The highest BCUT2D eigenvalue weighted by Gasteiger charge is 2.33. The van der Waals surface area contributed by atoms with E-state index in [0.717, 1.165) is 22.6 Å². The van der Waals surface area contributed by atoms with Crippen LogP contribution in [0.1, 0.15) is 21.5 Å². The standard InChI is InChI=1S/C28H26N2O6S/c1-34-16-15-30-26(31)25(37-28(30)29-22-9-13-23(35-2)14-10-22)17-19-5-11-24(12-6-19)36-18-20-3-7-21(8-4-20)27(32)33/h3-14,17H,15-16,18H2,1-2H3,(H,32,33)/b25-17-,29-28?. The number of carbonyl (C=O) groups is 2. The fourth-order valence-corrected chi connectivity index (χ4v) is 4.48. The summed E-state index contributed by atoms with van der Waals surface area (Å²) in [5.74, 6) is 0.314. The highest BCUT2D eigenvalue weighted by molar-refractivity contribution is 8.18. The zero-order valence-corrected chi connectivity index (χ0v) is 21.2. The van der Waals surface area contributed by atoms with Crippen molar-refractivity contribution in [3.8, 4) is 11.5 Å². The molecular formula is C28H26N2O6S. The summed E-state index contributed by atoms with van der Waals surface area (Å²) in [5.41, 5.74) is 2.67. The van der Waals surface area contributed by atoms with E-state index >= 15 is 0 Å². The van der Waals surface area contributed by atoms with E-state index in [1.807, 2.05) is 54.6 Å². The van der Waals surface area contributed by atoms with Gasteiger partial charge in [0, 0.05) is 7.11 Å². The lowest BCUT2D eigenvalue weighted by Gasteiger charge is -2.14. The van der Waals surface area contributed by atoms with E-state index < -0.39 is 5.97 Å². The van der Waals surface area contributed by atoms with E-state index in [1.165, 1.54) is 11.8 Å². The van der Waals surface area contributed by atoms with Crippen LogP contribution in [0.2, 0.25) is 0 Å². The average molecular weight is 519 g/mol. The van der Waals surface area contributed by atoms with E-state index in [-0.39, 0.29) is 11.5 Å². The molecule has 0 radical (unpaired) electrons. The molecule has 1 amide bonds. The van der Waals surface area contributed by atoms with Gasteiger partial charge in [0.2, 0.25) is 0 Å². The third-order valence-corrected chi connectivity index (χ3v) is 6.50. The number of rotatable bonds is 10. The Kier molecular flexibility index (Phi) is 8.60. The number of carboxylic acids is 1. The van der Waals surface area contributed by atoms with Gasteiger partial charge in [0.15, 0.2) is 5.17 Å². The van der Waals surface area contributed by atoms with Gasteiger partial charge in [-0.05, 0) is 77.5 Å². The number of amidine groups is 1.